The number of pyridine rings is 1. The Balaban J connectivity index is 1.67. The van der Waals surface area contributed by atoms with E-state index in [4.69, 9.17) is 4.74 Å². The number of benzene rings is 2. The zero-order valence-corrected chi connectivity index (χ0v) is 13.1. The van der Waals surface area contributed by atoms with Gasteiger partial charge in [0.05, 0.1) is 5.52 Å². The second-order valence-electron chi connectivity index (χ2n) is 5.29. The fourth-order valence-electron chi connectivity index (χ4n) is 2.22. The summed E-state index contributed by atoms with van der Waals surface area (Å²) in [5.41, 5.74) is 1.52. The predicted octanol–water partition coefficient (Wildman–Crippen LogP) is 3.42. The molecule has 3 rings (SSSR count). The maximum Gasteiger partial charge on any atom is 0.357 e. The predicted molar refractivity (Wildman–Crippen MR) is 91.7 cm³/mol. The van der Waals surface area contributed by atoms with Gasteiger partial charge in [-0.2, -0.15) is 0 Å². The Morgan fingerprint density at radius 1 is 0.958 bits per heavy atom. The van der Waals surface area contributed by atoms with Gasteiger partial charge in [-0.15, -0.1) is 0 Å². The van der Waals surface area contributed by atoms with E-state index in [1.54, 1.807) is 24.3 Å². The fraction of sp³-hybridized carbons (Fsp3) is 0.105. The first-order chi connectivity index (χ1) is 11.6. The van der Waals surface area contributed by atoms with Gasteiger partial charge in [0.2, 0.25) is 0 Å². The molecule has 1 N–H and O–H groups in total. The number of amides is 1. The first-order valence-electron chi connectivity index (χ1n) is 7.56. The summed E-state index contributed by atoms with van der Waals surface area (Å²) in [5, 5.41) is 3.63. The molecule has 0 aliphatic carbocycles. The van der Waals surface area contributed by atoms with Crippen LogP contribution in [0.4, 0.5) is 5.69 Å². The van der Waals surface area contributed by atoms with Crippen LogP contribution in [0.25, 0.3) is 10.9 Å². The summed E-state index contributed by atoms with van der Waals surface area (Å²) < 4.78 is 5.21. The molecule has 1 atom stereocenters. The molecule has 0 spiro atoms. The quantitative estimate of drug-likeness (QED) is 0.748. The topological polar surface area (TPSA) is 68.3 Å². The highest BCUT2D eigenvalue weighted by atomic mass is 16.5. The van der Waals surface area contributed by atoms with Crippen molar-refractivity contribution in [2.45, 2.75) is 13.0 Å². The van der Waals surface area contributed by atoms with Crippen LogP contribution in [0.1, 0.15) is 17.4 Å². The molecule has 5 nitrogen and oxygen atoms in total. The van der Waals surface area contributed by atoms with Crippen LogP contribution < -0.4 is 5.32 Å². The largest absolute Gasteiger partial charge is 0.448 e. The van der Waals surface area contributed by atoms with Crippen LogP contribution in [0.2, 0.25) is 0 Å². The van der Waals surface area contributed by atoms with Crippen molar-refractivity contribution >= 4 is 28.5 Å². The highest BCUT2D eigenvalue weighted by Crippen LogP contribution is 2.13. The SMILES string of the molecule is CC(OC(=O)c1ccc2ccccc2n1)C(=O)Nc1ccccc1. The number of rotatable bonds is 4. The van der Waals surface area contributed by atoms with Crippen LogP contribution in [-0.2, 0) is 9.53 Å². The number of nitrogens with zero attached hydrogens (tertiary/aromatic N) is 1. The molecular formula is C19H16N2O3. The number of ether oxygens (including phenoxy) is 1. The number of para-hydroxylation sites is 2. The molecule has 24 heavy (non-hydrogen) atoms. The lowest BCUT2D eigenvalue weighted by molar-refractivity contribution is -0.123. The zero-order valence-electron chi connectivity index (χ0n) is 13.1. The lowest BCUT2D eigenvalue weighted by atomic mass is 10.2. The number of hydrogen-bond acceptors (Lipinski definition) is 4. The molecule has 5 heteroatoms. The van der Waals surface area contributed by atoms with Crippen molar-refractivity contribution in [3.05, 3.63) is 72.4 Å². The van der Waals surface area contributed by atoms with Crippen molar-refractivity contribution in [1.82, 2.24) is 4.98 Å². The van der Waals surface area contributed by atoms with Crippen LogP contribution in [0.3, 0.4) is 0 Å². The second-order valence-corrected chi connectivity index (χ2v) is 5.29. The van der Waals surface area contributed by atoms with Crippen LogP contribution in [0, 0.1) is 0 Å². The van der Waals surface area contributed by atoms with E-state index in [1.165, 1.54) is 6.92 Å². The van der Waals surface area contributed by atoms with Crippen LogP contribution in [-0.4, -0.2) is 23.0 Å². The van der Waals surface area contributed by atoms with E-state index in [1.807, 2.05) is 42.5 Å². The lowest BCUT2D eigenvalue weighted by Crippen LogP contribution is -2.30. The zero-order chi connectivity index (χ0) is 16.9. The number of fused-ring (bicyclic) bond motifs is 1. The van der Waals surface area contributed by atoms with Crippen molar-refractivity contribution in [3.8, 4) is 0 Å². The average Bonchev–Trinajstić information content (AvgIpc) is 2.62. The maximum absolute atomic E-state index is 12.2. The van der Waals surface area contributed by atoms with E-state index >= 15 is 0 Å². The van der Waals surface area contributed by atoms with E-state index in [2.05, 4.69) is 10.3 Å². The highest BCUT2D eigenvalue weighted by Gasteiger charge is 2.20. The van der Waals surface area contributed by atoms with E-state index in [9.17, 15) is 9.59 Å². The maximum atomic E-state index is 12.2. The summed E-state index contributed by atoms with van der Waals surface area (Å²) >= 11 is 0. The van der Waals surface area contributed by atoms with Gasteiger partial charge in [-0.1, -0.05) is 42.5 Å². The van der Waals surface area contributed by atoms with Crippen LogP contribution >= 0.6 is 0 Å². The molecule has 0 bridgehead atoms. The van der Waals surface area contributed by atoms with E-state index in [0.29, 0.717) is 11.2 Å². The number of anilines is 1. The first kappa shape index (κ1) is 15.7. The van der Waals surface area contributed by atoms with Gasteiger partial charge in [-0.05, 0) is 31.2 Å². The number of carbonyl (C=O) groups is 2. The van der Waals surface area contributed by atoms with E-state index in [-0.39, 0.29) is 5.69 Å². The molecule has 0 aliphatic rings. The van der Waals surface area contributed by atoms with Gasteiger partial charge in [0.15, 0.2) is 6.10 Å². The molecule has 1 heterocycles. The van der Waals surface area contributed by atoms with Gasteiger partial charge in [0, 0.05) is 11.1 Å². The third-order valence-electron chi connectivity index (χ3n) is 3.50. The smallest absolute Gasteiger partial charge is 0.357 e. The number of esters is 1. The summed E-state index contributed by atoms with van der Waals surface area (Å²) in [4.78, 5) is 28.5. The third kappa shape index (κ3) is 3.57. The molecule has 1 unspecified atom stereocenters. The van der Waals surface area contributed by atoms with Crippen LogP contribution in [0.15, 0.2) is 66.7 Å². The molecule has 1 amide bonds. The van der Waals surface area contributed by atoms with Gasteiger partial charge in [0.1, 0.15) is 5.69 Å². The molecule has 120 valence electrons. The first-order valence-corrected chi connectivity index (χ1v) is 7.56. The van der Waals surface area contributed by atoms with E-state index < -0.39 is 18.0 Å². The number of nitrogens with one attached hydrogen (secondary N) is 1. The number of carbonyl (C=O) groups excluding carboxylic acids is 2. The normalized spacial score (nSPS) is 11.7. The summed E-state index contributed by atoms with van der Waals surface area (Å²) in [7, 11) is 0. The Labute approximate surface area is 139 Å². The molecular weight excluding hydrogens is 304 g/mol. The molecule has 0 saturated carbocycles. The highest BCUT2D eigenvalue weighted by molar-refractivity contribution is 5.97. The summed E-state index contributed by atoms with van der Waals surface area (Å²) in [6, 6.07) is 19.9. The minimum Gasteiger partial charge on any atom is -0.448 e. The Bertz CT molecular complexity index is 878. The molecule has 1 aromatic heterocycles. The number of hydrogen-bond donors (Lipinski definition) is 1. The average molecular weight is 320 g/mol. The minimum absolute atomic E-state index is 0.174. The molecule has 0 aliphatic heterocycles. The molecule has 0 fully saturated rings. The van der Waals surface area contributed by atoms with Gasteiger partial charge in [0.25, 0.3) is 5.91 Å². The lowest BCUT2D eigenvalue weighted by Gasteiger charge is -2.13. The van der Waals surface area contributed by atoms with Crippen molar-refractivity contribution in [2.24, 2.45) is 0 Å². The third-order valence-corrected chi connectivity index (χ3v) is 3.50. The molecule has 2 aromatic carbocycles. The fourth-order valence-corrected chi connectivity index (χ4v) is 2.22. The van der Waals surface area contributed by atoms with Crippen LogP contribution in [0.5, 0.6) is 0 Å². The van der Waals surface area contributed by atoms with Gasteiger partial charge < -0.3 is 10.1 Å². The van der Waals surface area contributed by atoms with Gasteiger partial charge in [-0.25, -0.2) is 9.78 Å². The summed E-state index contributed by atoms with van der Waals surface area (Å²) in [6.07, 6.45) is -0.925. The van der Waals surface area contributed by atoms with E-state index in [0.717, 1.165) is 5.39 Å². The summed E-state index contributed by atoms with van der Waals surface area (Å²) in [5.74, 6) is -1.02. The minimum atomic E-state index is -0.925. The Morgan fingerprint density at radius 2 is 1.67 bits per heavy atom. The van der Waals surface area contributed by atoms with Gasteiger partial charge >= 0.3 is 5.97 Å². The van der Waals surface area contributed by atoms with Crippen molar-refractivity contribution in [1.29, 1.82) is 0 Å². The van der Waals surface area contributed by atoms with Crippen molar-refractivity contribution in [2.75, 3.05) is 5.32 Å². The number of aromatic nitrogens is 1. The van der Waals surface area contributed by atoms with Gasteiger partial charge in [-0.3, -0.25) is 4.79 Å². The standard InChI is InChI=1S/C19H16N2O3/c1-13(18(22)20-15-8-3-2-4-9-15)24-19(23)17-12-11-14-7-5-6-10-16(14)21-17/h2-13H,1H3,(H,20,22). The summed E-state index contributed by atoms with van der Waals surface area (Å²) in [6.45, 7) is 1.53. The molecule has 0 radical (unpaired) electrons. The Morgan fingerprint density at radius 3 is 2.46 bits per heavy atom. The molecule has 3 aromatic rings. The second kappa shape index (κ2) is 6.91. The monoisotopic (exact) mass is 320 g/mol. The van der Waals surface area contributed by atoms with Crippen molar-refractivity contribution in [3.63, 3.8) is 0 Å². The van der Waals surface area contributed by atoms with Crippen molar-refractivity contribution < 1.29 is 14.3 Å². The molecule has 0 saturated heterocycles. The Hall–Kier alpha value is -3.21. The Kier molecular flexibility index (Phi) is 4.52.